The van der Waals surface area contributed by atoms with Crippen molar-refractivity contribution in [2.45, 2.75) is 109 Å². The van der Waals surface area contributed by atoms with Gasteiger partial charge in [-0.05, 0) is 84.5 Å². The molecule has 4 rings (SSSR count). The SMILES string of the molecule is CC(C)(C)OC[C@@H](O)CN1CCC(N2CCC(N(C(=O)C3CCCCC3)c3ccc(C(F)(F)F)cn3)CC2)CC1. The number of aliphatic hydroxyl groups is 1. The summed E-state index contributed by atoms with van der Waals surface area (Å²) in [6, 6.07) is 2.81. The Kier molecular flexibility index (Phi) is 10.5. The lowest BCUT2D eigenvalue weighted by molar-refractivity contribution is -0.137. The first-order chi connectivity index (χ1) is 18.9. The number of nitrogens with zero attached hydrogens (tertiary/aromatic N) is 4. The molecule has 40 heavy (non-hydrogen) atoms. The van der Waals surface area contributed by atoms with Crippen molar-refractivity contribution in [3.8, 4) is 0 Å². The van der Waals surface area contributed by atoms with Gasteiger partial charge in [-0.15, -0.1) is 0 Å². The van der Waals surface area contributed by atoms with Gasteiger partial charge in [-0.25, -0.2) is 4.98 Å². The summed E-state index contributed by atoms with van der Waals surface area (Å²) >= 11 is 0. The molecule has 1 aliphatic carbocycles. The average Bonchev–Trinajstić information content (AvgIpc) is 2.93. The van der Waals surface area contributed by atoms with E-state index >= 15 is 0 Å². The van der Waals surface area contributed by atoms with Gasteiger partial charge < -0.3 is 19.6 Å². The second kappa shape index (κ2) is 13.5. The number of halogens is 3. The Morgan fingerprint density at radius 2 is 1.68 bits per heavy atom. The number of likely N-dealkylation sites (tertiary alicyclic amines) is 2. The normalized spacial score (nSPS) is 22.4. The number of aromatic nitrogens is 1. The van der Waals surface area contributed by atoms with E-state index in [9.17, 15) is 23.1 Å². The van der Waals surface area contributed by atoms with Gasteiger partial charge in [0.05, 0.1) is 23.9 Å². The second-order valence-electron chi connectivity index (χ2n) is 12.8. The summed E-state index contributed by atoms with van der Waals surface area (Å²) in [7, 11) is 0. The predicted molar refractivity (Wildman–Crippen MR) is 149 cm³/mol. The van der Waals surface area contributed by atoms with Crippen LogP contribution < -0.4 is 4.90 Å². The molecule has 1 aromatic rings. The molecule has 1 saturated carbocycles. The van der Waals surface area contributed by atoms with Crippen LogP contribution in [0.1, 0.15) is 84.1 Å². The van der Waals surface area contributed by atoms with E-state index in [-0.39, 0.29) is 23.5 Å². The highest BCUT2D eigenvalue weighted by Crippen LogP contribution is 2.34. The largest absolute Gasteiger partial charge is 0.417 e. The van der Waals surface area contributed by atoms with Gasteiger partial charge in [0.1, 0.15) is 5.82 Å². The first-order valence-electron chi connectivity index (χ1n) is 15.1. The van der Waals surface area contributed by atoms with E-state index in [1.165, 1.54) is 6.07 Å². The number of hydrogen-bond donors (Lipinski definition) is 1. The van der Waals surface area contributed by atoms with Crippen LogP contribution in [-0.4, -0.2) is 88.9 Å². The van der Waals surface area contributed by atoms with E-state index in [4.69, 9.17) is 4.74 Å². The van der Waals surface area contributed by atoms with Crippen LogP contribution in [0.15, 0.2) is 18.3 Å². The fraction of sp³-hybridized carbons (Fsp3) is 0.800. The number of piperidine rings is 2. The van der Waals surface area contributed by atoms with Crippen LogP contribution in [0, 0.1) is 5.92 Å². The Morgan fingerprint density at radius 3 is 2.23 bits per heavy atom. The number of ether oxygens (including phenoxy) is 1. The van der Waals surface area contributed by atoms with Gasteiger partial charge in [-0.2, -0.15) is 13.2 Å². The summed E-state index contributed by atoms with van der Waals surface area (Å²) in [6.45, 7) is 10.5. The zero-order valence-electron chi connectivity index (χ0n) is 24.3. The highest BCUT2D eigenvalue weighted by Gasteiger charge is 2.37. The molecule has 0 aromatic carbocycles. The van der Waals surface area contributed by atoms with Crippen LogP contribution in [0.3, 0.4) is 0 Å². The van der Waals surface area contributed by atoms with E-state index in [2.05, 4.69) is 14.8 Å². The van der Waals surface area contributed by atoms with Crippen molar-refractivity contribution in [3.05, 3.63) is 23.9 Å². The van der Waals surface area contributed by atoms with Crippen molar-refractivity contribution >= 4 is 11.7 Å². The number of β-amino-alcohol motifs (C(OH)–C–C–N with tert-alkyl or cyclic N) is 1. The van der Waals surface area contributed by atoms with Crippen LogP contribution in [0.4, 0.5) is 19.0 Å². The number of carbonyl (C=O) groups excluding carboxylic acids is 1. The van der Waals surface area contributed by atoms with Crippen molar-refractivity contribution in [3.63, 3.8) is 0 Å². The van der Waals surface area contributed by atoms with Gasteiger partial charge >= 0.3 is 6.18 Å². The lowest BCUT2D eigenvalue weighted by atomic mass is 9.87. The van der Waals surface area contributed by atoms with E-state index in [1.807, 2.05) is 20.8 Å². The molecule has 7 nitrogen and oxygen atoms in total. The maximum absolute atomic E-state index is 13.7. The summed E-state index contributed by atoms with van der Waals surface area (Å²) in [4.78, 5) is 24.4. The van der Waals surface area contributed by atoms with Crippen molar-refractivity contribution < 1.29 is 27.8 Å². The summed E-state index contributed by atoms with van der Waals surface area (Å²) in [6.07, 6.45) is 4.36. The fourth-order valence-electron chi connectivity index (χ4n) is 6.40. The molecule has 2 saturated heterocycles. The Bertz CT molecular complexity index is 931. The second-order valence-corrected chi connectivity index (χ2v) is 12.8. The monoisotopic (exact) mass is 568 g/mol. The molecule has 3 fully saturated rings. The van der Waals surface area contributed by atoms with Gasteiger partial charge in [0.2, 0.25) is 5.91 Å². The molecule has 1 aromatic heterocycles. The van der Waals surface area contributed by atoms with Crippen LogP contribution in [0.5, 0.6) is 0 Å². The maximum atomic E-state index is 13.7. The molecular weight excluding hydrogens is 521 g/mol. The Labute approximate surface area is 237 Å². The predicted octanol–water partition coefficient (Wildman–Crippen LogP) is 5.12. The number of aliphatic hydroxyl groups excluding tert-OH is 1. The smallest absolute Gasteiger partial charge is 0.389 e. The fourth-order valence-corrected chi connectivity index (χ4v) is 6.40. The van der Waals surface area contributed by atoms with Crippen molar-refractivity contribution in [2.24, 2.45) is 5.92 Å². The Balaban J connectivity index is 1.33. The van der Waals surface area contributed by atoms with Gasteiger partial charge in [-0.1, -0.05) is 19.3 Å². The van der Waals surface area contributed by atoms with E-state index in [1.54, 1.807) is 4.90 Å². The standard InChI is InChI=1S/C30H47F3N4O3/c1-29(2,3)40-21-26(38)20-35-15-11-24(12-16-35)36-17-13-25(14-18-36)37(28(39)22-7-5-4-6-8-22)27-10-9-23(19-34-27)30(31,32)33/h9-10,19,22,24-26,38H,4-8,11-18,20-21H2,1-3H3/t26-/m0/s1. The van der Waals surface area contributed by atoms with Gasteiger partial charge in [0.15, 0.2) is 0 Å². The minimum atomic E-state index is -4.46. The third kappa shape index (κ3) is 8.63. The number of carbonyl (C=O) groups is 1. The summed E-state index contributed by atoms with van der Waals surface area (Å²) < 4.78 is 45.2. The third-order valence-corrected chi connectivity index (χ3v) is 8.63. The molecule has 3 aliphatic rings. The highest BCUT2D eigenvalue weighted by molar-refractivity contribution is 5.94. The number of pyridine rings is 1. The van der Waals surface area contributed by atoms with Gasteiger partial charge in [0, 0.05) is 43.8 Å². The number of amides is 1. The van der Waals surface area contributed by atoms with Crippen molar-refractivity contribution in [1.29, 1.82) is 0 Å². The molecule has 0 radical (unpaired) electrons. The summed E-state index contributed by atoms with van der Waals surface area (Å²) in [5, 5.41) is 10.4. The quantitative estimate of drug-likeness (QED) is 0.470. The molecule has 0 spiro atoms. The van der Waals surface area contributed by atoms with Crippen LogP contribution >= 0.6 is 0 Å². The van der Waals surface area contributed by atoms with Crippen LogP contribution in [-0.2, 0) is 15.7 Å². The molecule has 1 N–H and O–H groups in total. The number of alkyl halides is 3. The van der Waals surface area contributed by atoms with E-state index in [0.717, 1.165) is 96.2 Å². The van der Waals surface area contributed by atoms with Crippen molar-refractivity contribution in [2.75, 3.05) is 44.2 Å². The third-order valence-electron chi connectivity index (χ3n) is 8.63. The maximum Gasteiger partial charge on any atom is 0.417 e. The van der Waals surface area contributed by atoms with Gasteiger partial charge in [-0.3, -0.25) is 9.69 Å². The number of anilines is 1. The minimum Gasteiger partial charge on any atom is -0.389 e. The van der Waals surface area contributed by atoms with E-state index in [0.29, 0.717) is 25.0 Å². The summed E-state index contributed by atoms with van der Waals surface area (Å²) in [5.41, 5.74) is -1.06. The van der Waals surface area contributed by atoms with Crippen molar-refractivity contribution in [1.82, 2.24) is 14.8 Å². The first-order valence-corrected chi connectivity index (χ1v) is 15.1. The molecule has 226 valence electrons. The average molecular weight is 569 g/mol. The lowest BCUT2D eigenvalue weighted by Gasteiger charge is -2.44. The van der Waals surface area contributed by atoms with Crippen LogP contribution in [0.2, 0.25) is 0 Å². The molecule has 1 atom stereocenters. The molecule has 0 unspecified atom stereocenters. The first kappa shape index (κ1) is 31.2. The summed E-state index contributed by atoms with van der Waals surface area (Å²) in [5.74, 6) is 0.279. The Morgan fingerprint density at radius 1 is 1.02 bits per heavy atom. The van der Waals surface area contributed by atoms with Gasteiger partial charge in [0.25, 0.3) is 0 Å². The highest BCUT2D eigenvalue weighted by atomic mass is 19.4. The number of hydrogen-bond acceptors (Lipinski definition) is 6. The molecule has 0 bridgehead atoms. The van der Waals surface area contributed by atoms with Crippen LogP contribution in [0.25, 0.3) is 0 Å². The number of rotatable bonds is 8. The molecule has 10 heteroatoms. The molecule has 1 amide bonds. The lowest BCUT2D eigenvalue weighted by Crippen LogP contribution is -2.54. The minimum absolute atomic E-state index is 0.0210. The Hall–Kier alpha value is -1.75. The molecule has 2 aliphatic heterocycles. The molecular formula is C30H47F3N4O3. The zero-order valence-corrected chi connectivity index (χ0v) is 24.3. The zero-order chi connectivity index (χ0) is 28.9. The van der Waals surface area contributed by atoms with E-state index < -0.39 is 17.8 Å². The molecule has 3 heterocycles. The topological polar surface area (TPSA) is 69.1 Å².